The molecule has 0 aliphatic rings. The molecular formula is C16H13FN2O. The maximum atomic E-state index is 13.9. The molecule has 20 heavy (non-hydrogen) atoms. The third-order valence-corrected chi connectivity index (χ3v) is 3.35. The SMILES string of the molecule is NCc1c(-c2ccccc2)[nH]c2c(F)cccc2c1=O. The molecule has 3 N–H and O–H groups in total. The van der Waals surface area contributed by atoms with Crippen molar-refractivity contribution in [2.45, 2.75) is 6.54 Å². The van der Waals surface area contributed by atoms with Crippen LogP contribution >= 0.6 is 0 Å². The smallest absolute Gasteiger partial charge is 0.194 e. The number of nitrogens with two attached hydrogens (primary N) is 1. The van der Waals surface area contributed by atoms with Gasteiger partial charge in [-0.3, -0.25) is 4.79 Å². The van der Waals surface area contributed by atoms with Gasteiger partial charge in [-0.25, -0.2) is 4.39 Å². The molecule has 0 unspecified atom stereocenters. The lowest BCUT2D eigenvalue weighted by atomic mass is 10.0. The number of aromatic amines is 1. The summed E-state index contributed by atoms with van der Waals surface area (Å²) in [4.78, 5) is 15.5. The third kappa shape index (κ3) is 1.90. The Bertz CT molecular complexity index is 825. The highest BCUT2D eigenvalue weighted by molar-refractivity contribution is 5.83. The first-order valence-corrected chi connectivity index (χ1v) is 6.31. The summed E-state index contributed by atoms with van der Waals surface area (Å²) in [5.74, 6) is -0.444. The number of nitrogens with one attached hydrogen (secondary N) is 1. The molecule has 0 amide bonds. The van der Waals surface area contributed by atoms with Crippen LogP contribution in [-0.4, -0.2) is 4.98 Å². The van der Waals surface area contributed by atoms with E-state index in [0.717, 1.165) is 5.56 Å². The minimum atomic E-state index is -0.444. The maximum Gasteiger partial charge on any atom is 0.194 e. The number of para-hydroxylation sites is 1. The van der Waals surface area contributed by atoms with E-state index in [9.17, 15) is 9.18 Å². The van der Waals surface area contributed by atoms with Crippen molar-refractivity contribution in [3.63, 3.8) is 0 Å². The minimum Gasteiger partial charge on any atom is -0.352 e. The van der Waals surface area contributed by atoms with Crippen LogP contribution in [0.2, 0.25) is 0 Å². The fraction of sp³-hybridized carbons (Fsp3) is 0.0625. The summed E-state index contributed by atoms with van der Waals surface area (Å²) >= 11 is 0. The van der Waals surface area contributed by atoms with Crippen molar-refractivity contribution >= 4 is 10.9 Å². The van der Waals surface area contributed by atoms with Crippen LogP contribution in [-0.2, 0) is 6.54 Å². The second-order valence-electron chi connectivity index (χ2n) is 4.54. The first kappa shape index (κ1) is 12.6. The predicted octanol–water partition coefficient (Wildman–Crippen LogP) is 2.79. The topological polar surface area (TPSA) is 58.9 Å². The molecule has 2 aromatic carbocycles. The van der Waals surface area contributed by atoms with Crippen LogP contribution in [0.25, 0.3) is 22.2 Å². The lowest BCUT2D eigenvalue weighted by Crippen LogP contribution is -2.17. The van der Waals surface area contributed by atoms with Crippen LogP contribution in [0, 0.1) is 5.82 Å². The zero-order chi connectivity index (χ0) is 14.1. The van der Waals surface area contributed by atoms with E-state index >= 15 is 0 Å². The summed E-state index contributed by atoms with van der Waals surface area (Å²) in [6.07, 6.45) is 0. The number of benzene rings is 2. The van der Waals surface area contributed by atoms with Gasteiger partial charge in [-0.15, -0.1) is 0 Å². The zero-order valence-electron chi connectivity index (χ0n) is 10.7. The summed E-state index contributed by atoms with van der Waals surface area (Å²) in [5, 5.41) is 0.324. The first-order valence-electron chi connectivity index (χ1n) is 6.31. The van der Waals surface area contributed by atoms with Crippen molar-refractivity contribution < 1.29 is 4.39 Å². The quantitative estimate of drug-likeness (QED) is 0.750. The van der Waals surface area contributed by atoms with E-state index in [1.54, 1.807) is 6.07 Å². The molecule has 0 bridgehead atoms. The van der Waals surface area contributed by atoms with Crippen molar-refractivity contribution in [2.75, 3.05) is 0 Å². The number of H-pyrrole nitrogens is 1. The molecule has 0 aliphatic heterocycles. The standard InChI is InChI=1S/C16H13FN2O/c17-13-8-4-7-11-15(13)19-14(12(9-18)16(11)20)10-5-2-1-3-6-10/h1-8H,9,18H2,(H,19,20). The summed E-state index contributed by atoms with van der Waals surface area (Å²) in [7, 11) is 0. The third-order valence-electron chi connectivity index (χ3n) is 3.35. The van der Waals surface area contributed by atoms with Gasteiger partial charge in [0, 0.05) is 17.5 Å². The molecule has 3 nitrogen and oxygen atoms in total. The van der Waals surface area contributed by atoms with Gasteiger partial charge < -0.3 is 10.7 Å². The molecule has 100 valence electrons. The van der Waals surface area contributed by atoms with E-state index < -0.39 is 5.82 Å². The maximum absolute atomic E-state index is 13.9. The van der Waals surface area contributed by atoms with Crippen molar-refractivity contribution in [1.82, 2.24) is 4.98 Å². The molecule has 0 atom stereocenters. The Labute approximate surface area is 114 Å². The van der Waals surface area contributed by atoms with Crippen molar-refractivity contribution in [1.29, 1.82) is 0 Å². The van der Waals surface area contributed by atoms with Crippen LogP contribution in [0.3, 0.4) is 0 Å². The van der Waals surface area contributed by atoms with Gasteiger partial charge in [-0.05, 0) is 17.7 Å². The fourth-order valence-electron chi connectivity index (χ4n) is 2.36. The van der Waals surface area contributed by atoms with Crippen LogP contribution in [0.4, 0.5) is 4.39 Å². The Hall–Kier alpha value is -2.46. The number of hydrogen-bond acceptors (Lipinski definition) is 2. The summed E-state index contributed by atoms with van der Waals surface area (Å²) < 4.78 is 13.9. The second-order valence-corrected chi connectivity index (χ2v) is 4.54. The summed E-state index contributed by atoms with van der Waals surface area (Å²) in [6, 6.07) is 13.8. The molecule has 1 heterocycles. The molecule has 0 spiro atoms. The molecule has 3 aromatic rings. The number of hydrogen-bond donors (Lipinski definition) is 2. The van der Waals surface area contributed by atoms with Crippen molar-refractivity contribution in [2.24, 2.45) is 5.73 Å². The van der Waals surface area contributed by atoms with Crippen LogP contribution < -0.4 is 11.2 Å². The number of fused-ring (bicyclic) bond motifs is 1. The van der Waals surface area contributed by atoms with Gasteiger partial charge in [0.15, 0.2) is 5.43 Å². The Morgan fingerprint density at radius 3 is 2.50 bits per heavy atom. The van der Waals surface area contributed by atoms with Crippen molar-refractivity contribution in [3.8, 4) is 11.3 Å². The molecule has 0 fully saturated rings. The van der Waals surface area contributed by atoms with Gasteiger partial charge in [0.05, 0.1) is 11.2 Å². The average Bonchev–Trinajstić information content (AvgIpc) is 2.49. The normalized spacial score (nSPS) is 10.9. The highest BCUT2D eigenvalue weighted by atomic mass is 19.1. The first-order chi connectivity index (χ1) is 9.72. The predicted molar refractivity (Wildman–Crippen MR) is 77.9 cm³/mol. The Balaban J connectivity index is 2.43. The molecule has 0 aliphatic carbocycles. The van der Waals surface area contributed by atoms with Crippen LogP contribution in [0.5, 0.6) is 0 Å². The van der Waals surface area contributed by atoms with E-state index in [0.29, 0.717) is 16.6 Å². The average molecular weight is 268 g/mol. The minimum absolute atomic E-state index is 0.103. The Morgan fingerprint density at radius 2 is 1.80 bits per heavy atom. The molecule has 1 aromatic heterocycles. The van der Waals surface area contributed by atoms with Gasteiger partial charge in [-0.2, -0.15) is 0 Å². The van der Waals surface area contributed by atoms with E-state index in [1.807, 2.05) is 30.3 Å². The molecule has 0 saturated carbocycles. The lowest BCUT2D eigenvalue weighted by molar-refractivity contribution is 0.636. The van der Waals surface area contributed by atoms with Crippen molar-refractivity contribution in [3.05, 3.63) is 70.1 Å². The number of halogens is 1. The van der Waals surface area contributed by atoms with Gasteiger partial charge in [0.1, 0.15) is 5.82 Å². The van der Waals surface area contributed by atoms with E-state index in [-0.39, 0.29) is 17.5 Å². The van der Waals surface area contributed by atoms with Gasteiger partial charge in [0.25, 0.3) is 0 Å². The van der Waals surface area contributed by atoms with Crippen LogP contribution in [0.1, 0.15) is 5.56 Å². The monoisotopic (exact) mass is 268 g/mol. The molecule has 4 heteroatoms. The largest absolute Gasteiger partial charge is 0.352 e. The lowest BCUT2D eigenvalue weighted by Gasteiger charge is -2.10. The summed E-state index contributed by atoms with van der Waals surface area (Å²) in [5.41, 5.74) is 7.56. The summed E-state index contributed by atoms with van der Waals surface area (Å²) in [6.45, 7) is 0.103. The number of rotatable bonds is 2. The van der Waals surface area contributed by atoms with E-state index in [2.05, 4.69) is 4.98 Å². The van der Waals surface area contributed by atoms with Gasteiger partial charge >= 0.3 is 0 Å². The molecule has 0 saturated heterocycles. The Morgan fingerprint density at radius 1 is 1.05 bits per heavy atom. The fourth-order valence-corrected chi connectivity index (χ4v) is 2.36. The molecular weight excluding hydrogens is 255 g/mol. The number of pyridine rings is 1. The zero-order valence-corrected chi connectivity index (χ0v) is 10.7. The van der Waals surface area contributed by atoms with Gasteiger partial charge in [-0.1, -0.05) is 36.4 Å². The Kier molecular flexibility index (Phi) is 3.08. The second kappa shape index (κ2) is 4.90. The molecule has 3 rings (SSSR count). The van der Waals surface area contributed by atoms with Crippen LogP contribution in [0.15, 0.2) is 53.3 Å². The van der Waals surface area contributed by atoms with Gasteiger partial charge in [0.2, 0.25) is 0 Å². The highest BCUT2D eigenvalue weighted by Gasteiger charge is 2.13. The van der Waals surface area contributed by atoms with E-state index in [1.165, 1.54) is 12.1 Å². The van der Waals surface area contributed by atoms with E-state index in [4.69, 9.17) is 5.73 Å². The number of aromatic nitrogens is 1. The molecule has 0 radical (unpaired) electrons. The highest BCUT2D eigenvalue weighted by Crippen LogP contribution is 2.23.